The summed E-state index contributed by atoms with van der Waals surface area (Å²) in [7, 11) is 0. The third kappa shape index (κ3) is 4.84. The lowest BCUT2D eigenvalue weighted by atomic mass is 9.84. The first-order chi connectivity index (χ1) is 10.1. The lowest BCUT2D eigenvalue weighted by molar-refractivity contribution is -0.136. The van der Waals surface area contributed by atoms with Gasteiger partial charge < -0.3 is 10.6 Å². The van der Waals surface area contributed by atoms with Gasteiger partial charge in [-0.2, -0.15) is 0 Å². The van der Waals surface area contributed by atoms with Crippen molar-refractivity contribution in [1.29, 1.82) is 0 Å². The van der Waals surface area contributed by atoms with Crippen molar-refractivity contribution in [1.82, 2.24) is 5.32 Å². The van der Waals surface area contributed by atoms with Gasteiger partial charge in [0, 0.05) is 16.2 Å². The van der Waals surface area contributed by atoms with Crippen molar-refractivity contribution < 1.29 is 9.59 Å². The molecule has 1 aromatic carbocycles. The van der Waals surface area contributed by atoms with Gasteiger partial charge >= 0.3 is 11.8 Å². The molecule has 2 amide bonds. The summed E-state index contributed by atoms with van der Waals surface area (Å²) in [5.41, 5.74) is 0.610. The van der Waals surface area contributed by atoms with Crippen LogP contribution in [0.15, 0.2) is 28.7 Å². The normalized spacial score (nSPS) is 21.6. The van der Waals surface area contributed by atoms with Crippen molar-refractivity contribution in [3.8, 4) is 0 Å². The molecule has 21 heavy (non-hydrogen) atoms. The average Bonchev–Trinajstić information content (AvgIpc) is 2.48. The molecule has 0 unspecified atom stereocenters. The van der Waals surface area contributed by atoms with E-state index in [0.29, 0.717) is 5.69 Å². The molecule has 2 N–H and O–H groups in total. The van der Waals surface area contributed by atoms with Crippen LogP contribution in [0.25, 0.3) is 0 Å². The van der Waals surface area contributed by atoms with Crippen molar-refractivity contribution in [2.24, 2.45) is 5.92 Å². The first kappa shape index (κ1) is 16.0. The van der Waals surface area contributed by atoms with E-state index in [0.717, 1.165) is 36.1 Å². The Balaban J connectivity index is 1.82. The van der Waals surface area contributed by atoms with E-state index in [1.807, 2.05) is 12.1 Å². The molecule has 0 saturated heterocycles. The van der Waals surface area contributed by atoms with Gasteiger partial charge in [-0.25, -0.2) is 0 Å². The smallest absolute Gasteiger partial charge is 0.313 e. The summed E-state index contributed by atoms with van der Waals surface area (Å²) >= 11 is 3.33. The monoisotopic (exact) mass is 352 g/mol. The number of nitrogens with one attached hydrogen (secondary N) is 2. The van der Waals surface area contributed by atoms with Crippen LogP contribution in [0.2, 0.25) is 0 Å². The fraction of sp³-hybridized carbons (Fsp3) is 0.500. The highest BCUT2D eigenvalue weighted by atomic mass is 79.9. The van der Waals surface area contributed by atoms with Crippen LogP contribution in [0.3, 0.4) is 0 Å². The number of rotatable bonds is 3. The van der Waals surface area contributed by atoms with Crippen molar-refractivity contribution in [3.05, 3.63) is 28.7 Å². The van der Waals surface area contributed by atoms with Gasteiger partial charge in [-0.15, -0.1) is 0 Å². The average molecular weight is 353 g/mol. The zero-order chi connectivity index (χ0) is 15.2. The molecule has 0 radical (unpaired) electrons. The van der Waals surface area contributed by atoms with Gasteiger partial charge in [-0.3, -0.25) is 9.59 Å². The molecule has 0 aromatic heterocycles. The highest BCUT2D eigenvalue weighted by Gasteiger charge is 2.23. The number of anilines is 1. The number of carbonyl (C=O) groups is 2. The van der Waals surface area contributed by atoms with Crippen molar-refractivity contribution >= 4 is 33.4 Å². The summed E-state index contributed by atoms with van der Waals surface area (Å²) < 4.78 is 0.860. The Morgan fingerprint density at radius 1 is 1.19 bits per heavy atom. The van der Waals surface area contributed by atoms with E-state index in [4.69, 9.17) is 0 Å². The Kier molecular flexibility index (Phi) is 5.79. The Morgan fingerprint density at radius 2 is 1.90 bits per heavy atom. The maximum absolute atomic E-state index is 11.9. The zero-order valence-electron chi connectivity index (χ0n) is 12.2. The topological polar surface area (TPSA) is 58.2 Å². The van der Waals surface area contributed by atoms with Crippen LogP contribution in [-0.4, -0.2) is 17.9 Å². The van der Waals surface area contributed by atoms with E-state index < -0.39 is 11.8 Å². The van der Waals surface area contributed by atoms with E-state index in [2.05, 4.69) is 33.5 Å². The van der Waals surface area contributed by atoms with Gasteiger partial charge in [0.1, 0.15) is 0 Å². The van der Waals surface area contributed by atoms with Crippen LogP contribution >= 0.6 is 15.9 Å². The van der Waals surface area contributed by atoms with E-state index in [-0.39, 0.29) is 6.04 Å². The maximum atomic E-state index is 11.9. The summed E-state index contributed by atoms with van der Waals surface area (Å²) in [6.45, 7) is 2.20. The second-order valence-electron chi connectivity index (χ2n) is 5.56. The first-order valence-electron chi connectivity index (χ1n) is 7.46. The Bertz CT molecular complexity index is 511. The molecule has 1 aromatic rings. The Labute approximate surface area is 133 Å². The minimum atomic E-state index is -0.606. The zero-order valence-corrected chi connectivity index (χ0v) is 13.8. The van der Waals surface area contributed by atoms with Crippen LogP contribution in [0.1, 0.15) is 39.0 Å². The van der Waals surface area contributed by atoms with Gasteiger partial charge in [0.15, 0.2) is 0 Å². The molecule has 0 bridgehead atoms. The number of halogens is 1. The Hall–Kier alpha value is -1.36. The van der Waals surface area contributed by atoms with Gasteiger partial charge in [0.2, 0.25) is 0 Å². The lowest BCUT2D eigenvalue weighted by Crippen LogP contribution is -2.43. The number of amides is 2. The summed E-state index contributed by atoms with van der Waals surface area (Å²) in [6, 6.07) is 7.32. The third-order valence-electron chi connectivity index (χ3n) is 4.05. The molecular formula is C16H21BrN2O2. The third-order valence-corrected chi connectivity index (χ3v) is 4.54. The molecule has 1 aliphatic carbocycles. The fourth-order valence-corrected chi connectivity index (χ4v) is 3.12. The van der Waals surface area contributed by atoms with Crippen LogP contribution in [0.5, 0.6) is 0 Å². The van der Waals surface area contributed by atoms with E-state index >= 15 is 0 Å². The quantitative estimate of drug-likeness (QED) is 0.818. The molecule has 0 heterocycles. The molecule has 0 aliphatic heterocycles. The lowest BCUT2D eigenvalue weighted by Gasteiger charge is -2.28. The molecule has 5 heteroatoms. The van der Waals surface area contributed by atoms with Crippen LogP contribution in [0.4, 0.5) is 5.69 Å². The number of hydrogen-bond donors (Lipinski definition) is 2. The van der Waals surface area contributed by atoms with Gasteiger partial charge in [-0.05, 0) is 49.8 Å². The molecule has 0 spiro atoms. The molecule has 1 saturated carbocycles. The summed E-state index contributed by atoms with van der Waals surface area (Å²) in [5, 5.41) is 5.45. The van der Waals surface area contributed by atoms with Crippen molar-refractivity contribution in [2.75, 3.05) is 5.32 Å². The molecule has 4 nitrogen and oxygen atoms in total. The predicted octanol–water partition coefficient (Wildman–Crippen LogP) is 3.47. The summed E-state index contributed by atoms with van der Waals surface area (Å²) in [5.74, 6) is -0.380. The number of carbonyl (C=O) groups excluding carboxylic acids is 2. The predicted molar refractivity (Wildman–Crippen MR) is 87.0 cm³/mol. The Morgan fingerprint density at radius 3 is 2.52 bits per heavy atom. The minimum absolute atomic E-state index is 0.133. The van der Waals surface area contributed by atoms with E-state index in [9.17, 15) is 9.59 Å². The number of benzene rings is 1. The summed E-state index contributed by atoms with van der Waals surface area (Å²) in [6.07, 6.45) is 5.40. The van der Waals surface area contributed by atoms with Gasteiger partial charge in [0.25, 0.3) is 0 Å². The molecule has 1 fully saturated rings. The standard InChI is InChI=1S/C16H21BrN2O2/c1-2-11-6-8-13(9-7-11)18-15(20)16(21)19-14-5-3-4-12(17)10-14/h3-5,10-11,13H,2,6-9H2,1H3,(H,18,20)(H,19,21). The van der Waals surface area contributed by atoms with Crippen LogP contribution in [0, 0.1) is 5.92 Å². The highest BCUT2D eigenvalue weighted by Crippen LogP contribution is 2.26. The second-order valence-corrected chi connectivity index (χ2v) is 6.48. The second kappa shape index (κ2) is 7.59. The van der Waals surface area contributed by atoms with Crippen molar-refractivity contribution in [2.45, 2.75) is 45.1 Å². The molecule has 2 rings (SSSR count). The summed E-state index contributed by atoms with van der Waals surface area (Å²) in [4.78, 5) is 23.8. The van der Waals surface area contributed by atoms with Crippen molar-refractivity contribution in [3.63, 3.8) is 0 Å². The molecule has 114 valence electrons. The van der Waals surface area contributed by atoms with E-state index in [1.165, 1.54) is 6.42 Å². The molecule has 1 aliphatic rings. The van der Waals surface area contributed by atoms with Gasteiger partial charge in [-0.1, -0.05) is 35.3 Å². The highest BCUT2D eigenvalue weighted by molar-refractivity contribution is 9.10. The molecular weight excluding hydrogens is 332 g/mol. The maximum Gasteiger partial charge on any atom is 0.313 e. The number of hydrogen-bond acceptors (Lipinski definition) is 2. The molecule has 0 atom stereocenters. The van der Waals surface area contributed by atoms with Crippen LogP contribution < -0.4 is 10.6 Å². The minimum Gasteiger partial charge on any atom is -0.345 e. The van der Waals surface area contributed by atoms with Crippen LogP contribution in [-0.2, 0) is 9.59 Å². The SMILES string of the molecule is CCC1CCC(NC(=O)C(=O)Nc2cccc(Br)c2)CC1. The fourth-order valence-electron chi connectivity index (χ4n) is 2.72. The van der Waals surface area contributed by atoms with Gasteiger partial charge in [0.05, 0.1) is 0 Å². The van der Waals surface area contributed by atoms with E-state index in [1.54, 1.807) is 12.1 Å². The first-order valence-corrected chi connectivity index (χ1v) is 8.25. The largest absolute Gasteiger partial charge is 0.345 e.